The molecule has 1 unspecified atom stereocenters. The van der Waals surface area contributed by atoms with Crippen molar-refractivity contribution in [1.82, 2.24) is 20.2 Å². The van der Waals surface area contributed by atoms with Gasteiger partial charge in [-0.15, -0.1) is 0 Å². The van der Waals surface area contributed by atoms with Gasteiger partial charge in [-0.1, -0.05) is 24.3 Å². The van der Waals surface area contributed by atoms with Crippen molar-refractivity contribution in [2.45, 2.75) is 25.5 Å². The summed E-state index contributed by atoms with van der Waals surface area (Å²) in [6.45, 7) is 0.379. The summed E-state index contributed by atoms with van der Waals surface area (Å²) in [7, 11) is 1.43. The Hall–Kier alpha value is -3.69. The molecule has 0 saturated carbocycles. The first-order chi connectivity index (χ1) is 17.0. The number of nitrogens with zero attached hydrogens (tertiary/aromatic N) is 2. The van der Waals surface area contributed by atoms with Crippen LogP contribution in [0.25, 0.3) is 21.8 Å². The Morgan fingerprint density at radius 3 is 2.91 bits per heavy atom. The zero-order chi connectivity index (χ0) is 24.5. The molecule has 0 saturated heterocycles. The number of aromatic amines is 1. The number of fused-ring (bicyclic) bond motifs is 5. The van der Waals surface area contributed by atoms with Crippen LogP contribution in [-0.2, 0) is 19.4 Å². The lowest BCUT2D eigenvalue weighted by Crippen LogP contribution is -2.45. The number of halogens is 1. The third-order valence-corrected chi connectivity index (χ3v) is 6.46. The fraction of sp³-hybridized carbons (Fsp3) is 0.308. The predicted octanol–water partition coefficient (Wildman–Crippen LogP) is 2.88. The van der Waals surface area contributed by atoms with E-state index in [9.17, 15) is 14.3 Å². The molecule has 8 nitrogen and oxygen atoms in total. The van der Waals surface area contributed by atoms with Gasteiger partial charge in [-0.3, -0.25) is 4.98 Å². The number of nitrogens with one attached hydrogen (secondary N) is 2. The molecule has 35 heavy (non-hydrogen) atoms. The first-order valence-corrected chi connectivity index (χ1v) is 11.5. The number of para-hydroxylation sites is 1. The highest BCUT2D eigenvalue weighted by Crippen LogP contribution is 2.35. The Kier molecular flexibility index (Phi) is 6.27. The molecule has 0 bridgehead atoms. The number of carbonyl (C=O) groups excluding carboxylic acids is 1. The molecule has 4 N–H and O–H groups in total. The molecule has 9 heteroatoms. The maximum absolute atomic E-state index is 14.4. The average Bonchev–Trinajstić information content (AvgIpc) is 3.27. The van der Waals surface area contributed by atoms with Crippen LogP contribution in [0.15, 0.2) is 42.5 Å². The maximum atomic E-state index is 14.4. The number of hydrogen-bond donors (Lipinski definition) is 4. The number of urea groups is 1. The number of aliphatic hydroxyl groups excluding tert-OH is 2. The molecule has 1 atom stereocenters. The Balaban J connectivity index is 1.54. The van der Waals surface area contributed by atoms with Crippen molar-refractivity contribution in [1.29, 1.82) is 0 Å². The van der Waals surface area contributed by atoms with E-state index in [1.807, 2.05) is 24.3 Å². The normalized spacial score (nSPS) is 14.2. The first kappa shape index (κ1) is 23.1. The van der Waals surface area contributed by atoms with Gasteiger partial charge in [0.05, 0.1) is 43.3 Å². The Labute approximate surface area is 201 Å². The van der Waals surface area contributed by atoms with Crippen LogP contribution in [0.4, 0.5) is 9.18 Å². The van der Waals surface area contributed by atoms with Crippen molar-refractivity contribution in [3.63, 3.8) is 0 Å². The van der Waals surface area contributed by atoms with Gasteiger partial charge in [-0.05, 0) is 35.7 Å². The molecule has 0 radical (unpaired) electrons. The summed E-state index contributed by atoms with van der Waals surface area (Å²) < 4.78 is 19.4. The lowest BCUT2D eigenvalue weighted by atomic mass is 9.96. The molecular weight excluding hydrogens is 451 g/mol. The summed E-state index contributed by atoms with van der Waals surface area (Å²) in [5.41, 5.74) is 5.36. The predicted molar refractivity (Wildman–Crippen MR) is 130 cm³/mol. The average molecular weight is 479 g/mol. The fourth-order valence-electron chi connectivity index (χ4n) is 4.71. The number of hydrogen-bond acceptors (Lipinski definition) is 5. The summed E-state index contributed by atoms with van der Waals surface area (Å²) >= 11 is 0. The molecule has 2 aromatic heterocycles. The molecule has 0 fully saturated rings. The van der Waals surface area contributed by atoms with E-state index in [2.05, 4.69) is 16.4 Å². The van der Waals surface area contributed by atoms with Crippen molar-refractivity contribution in [2.24, 2.45) is 0 Å². The lowest BCUT2D eigenvalue weighted by Gasteiger charge is -2.29. The number of H-pyrrole nitrogens is 1. The summed E-state index contributed by atoms with van der Waals surface area (Å²) in [5, 5.41) is 23.4. The van der Waals surface area contributed by atoms with E-state index in [4.69, 9.17) is 14.8 Å². The monoisotopic (exact) mass is 478 g/mol. The summed E-state index contributed by atoms with van der Waals surface area (Å²) in [5.74, 6) is -0.236. The van der Waals surface area contributed by atoms with Gasteiger partial charge in [0.2, 0.25) is 0 Å². The molecule has 3 heterocycles. The quantitative estimate of drug-likeness (QED) is 0.341. The minimum Gasteiger partial charge on any atom is -0.494 e. The number of aromatic nitrogens is 2. The summed E-state index contributed by atoms with van der Waals surface area (Å²) in [6, 6.07) is 12.6. The van der Waals surface area contributed by atoms with Crippen molar-refractivity contribution in [2.75, 3.05) is 26.8 Å². The molecule has 0 aliphatic carbocycles. The Bertz CT molecular complexity index is 1400. The maximum Gasteiger partial charge on any atom is 0.317 e. The largest absolute Gasteiger partial charge is 0.494 e. The standard InChI is InChI=1S/C26H27FN4O4/c1-35-23-7-6-15(10-19(23)27)11-21-25-24(17-4-2-3-5-20(17)30-25)18-8-9-31(13-22(18)29-21)26(34)28-12-16(33)14-32/h2-7,10,16,30,32-33H,8-9,11-14H2,1H3,(H,28,34). The number of benzene rings is 2. The van der Waals surface area contributed by atoms with Crippen LogP contribution in [0.5, 0.6) is 5.75 Å². The van der Waals surface area contributed by atoms with E-state index in [0.717, 1.165) is 44.3 Å². The highest BCUT2D eigenvalue weighted by molar-refractivity contribution is 6.10. The molecule has 1 aliphatic rings. The number of aliphatic hydroxyl groups is 2. The first-order valence-electron chi connectivity index (χ1n) is 11.5. The second-order valence-corrected chi connectivity index (χ2v) is 8.74. The second kappa shape index (κ2) is 9.52. The van der Waals surface area contributed by atoms with Crippen molar-refractivity contribution >= 4 is 27.8 Å². The molecule has 4 aromatic rings. The van der Waals surface area contributed by atoms with Gasteiger partial charge in [-0.25, -0.2) is 9.18 Å². The van der Waals surface area contributed by atoms with Crippen molar-refractivity contribution in [3.05, 3.63) is 70.8 Å². The van der Waals surface area contributed by atoms with Gasteiger partial charge in [-0.2, -0.15) is 0 Å². The summed E-state index contributed by atoms with van der Waals surface area (Å²) in [4.78, 5) is 22.8. The summed E-state index contributed by atoms with van der Waals surface area (Å²) in [6.07, 6.45) is 0.0389. The van der Waals surface area contributed by atoms with Crippen molar-refractivity contribution < 1.29 is 24.1 Å². The zero-order valence-corrected chi connectivity index (χ0v) is 19.3. The number of rotatable bonds is 6. The number of ether oxygens (including phenoxy) is 1. The molecule has 1 aliphatic heterocycles. The van der Waals surface area contributed by atoms with Gasteiger partial charge in [0.15, 0.2) is 11.6 Å². The van der Waals surface area contributed by atoms with Crippen LogP contribution in [0.1, 0.15) is 22.5 Å². The SMILES string of the molecule is COc1ccc(Cc2nc3c(c4c2[nH]c2ccccc24)CCN(C(=O)NCC(O)CO)C3)cc1F. The third-order valence-electron chi connectivity index (χ3n) is 6.46. The molecule has 2 aromatic carbocycles. The number of amides is 2. The molecule has 5 rings (SSSR count). The van der Waals surface area contributed by atoms with Crippen LogP contribution < -0.4 is 10.1 Å². The van der Waals surface area contributed by atoms with E-state index < -0.39 is 18.5 Å². The minimum absolute atomic E-state index is 0.0259. The van der Waals surface area contributed by atoms with Gasteiger partial charge < -0.3 is 30.2 Å². The van der Waals surface area contributed by atoms with Gasteiger partial charge >= 0.3 is 6.03 Å². The van der Waals surface area contributed by atoms with Crippen LogP contribution in [0.2, 0.25) is 0 Å². The highest BCUT2D eigenvalue weighted by atomic mass is 19.1. The van der Waals surface area contributed by atoms with Gasteiger partial charge in [0.25, 0.3) is 0 Å². The number of pyridine rings is 1. The van der Waals surface area contributed by atoms with Crippen LogP contribution >= 0.6 is 0 Å². The molecule has 2 amide bonds. The zero-order valence-electron chi connectivity index (χ0n) is 19.3. The Morgan fingerprint density at radius 2 is 2.14 bits per heavy atom. The van der Waals surface area contributed by atoms with E-state index in [-0.39, 0.29) is 18.3 Å². The number of methoxy groups -OCH3 is 1. The Morgan fingerprint density at radius 1 is 1.31 bits per heavy atom. The highest BCUT2D eigenvalue weighted by Gasteiger charge is 2.26. The molecule has 0 spiro atoms. The van der Waals surface area contributed by atoms with Crippen LogP contribution in [0, 0.1) is 5.82 Å². The molecular formula is C26H27FN4O4. The third kappa shape index (κ3) is 4.40. The number of carbonyl (C=O) groups is 1. The molecule has 182 valence electrons. The van der Waals surface area contributed by atoms with E-state index in [1.54, 1.807) is 11.0 Å². The van der Waals surface area contributed by atoms with Gasteiger partial charge in [0.1, 0.15) is 0 Å². The lowest BCUT2D eigenvalue weighted by molar-refractivity contribution is 0.0936. The van der Waals surface area contributed by atoms with Crippen molar-refractivity contribution in [3.8, 4) is 5.75 Å². The fourth-order valence-corrected chi connectivity index (χ4v) is 4.71. The van der Waals surface area contributed by atoms with Gasteiger partial charge in [0, 0.05) is 35.8 Å². The van der Waals surface area contributed by atoms with Crippen LogP contribution in [-0.4, -0.2) is 64.0 Å². The topological polar surface area (TPSA) is 111 Å². The van der Waals surface area contributed by atoms with Crippen LogP contribution in [0.3, 0.4) is 0 Å². The second-order valence-electron chi connectivity index (χ2n) is 8.74. The van der Waals surface area contributed by atoms with E-state index in [1.165, 1.54) is 13.2 Å². The van der Waals surface area contributed by atoms with E-state index in [0.29, 0.717) is 25.9 Å². The van der Waals surface area contributed by atoms with E-state index >= 15 is 0 Å². The smallest absolute Gasteiger partial charge is 0.317 e. The minimum atomic E-state index is -1.00.